The van der Waals surface area contributed by atoms with Crippen molar-refractivity contribution in [3.05, 3.63) is 23.3 Å². The van der Waals surface area contributed by atoms with Gasteiger partial charge in [0.05, 0.1) is 11.8 Å². The lowest BCUT2D eigenvalue weighted by Crippen LogP contribution is -2.24. The molecule has 0 aromatic heterocycles. The molecule has 0 fully saturated rings. The number of nitrogens with zero attached hydrogens (tertiary/aromatic N) is 1. The number of nitriles is 1. The Morgan fingerprint density at radius 2 is 1.82 bits per heavy atom. The fraction of sp³-hybridized carbons (Fsp3) is 0.364. The van der Waals surface area contributed by atoms with E-state index in [0.29, 0.717) is 11.4 Å². The van der Waals surface area contributed by atoms with Crippen molar-refractivity contribution in [2.45, 2.75) is 26.0 Å². The smallest absolute Gasteiger partial charge is 0.248 e. The minimum atomic E-state index is -3.67. The average Bonchev–Trinajstić information content (AvgIpc) is 2.22. The average molecular weight is 253 g/mol. The summed E-state index contributed by atoms with van der Waals surface area (Å²) in [5.74, 6) is 0. The molecule has 92 valence electrons. The molecule has 5 nitrogen and oxygen atoms in total. The summed E-state index contributed by atoms with van der Waals surface area (Å²) in [6.07, 6.45) is 0. The number of benzene rings is 1. The van der Waals surface area contributed by atoms with Gasteiger partial charge in [-0.25, -0.2) is 8.42 Å². The molecule has 0 saturated carbocycles. The topological polar surface area (TPSA) is 96.0 Å². The molecule has 1 aromatic carbocycles. The quantitative estimate of drug-likeness (QED) is 0.798. The highest BCUT2D eigenvalue weighted by Gasteiger charge is 2.21. The van der Waals surface area contributed by atoms with E-state index in [4.69, 9.17) is 11.0 Å². The largest absolute Gasteiger partial charge is 0.399 e. The van der Waals surface area contributed by atoms with Gasteiger partial charge in [0.2, 0.25) is 10.0 Å². The lowest BCUT2D eigenvalue weighted by Gasteiger charge is -2.14. The number of nitrogens with one attached hydrogen (secondary N) is 1. The van der Waals surface area contributed by atoms with Gasteiger partial charge in [-0.15, -0.1) is 0 Å². The Hall–Kier alpha value is -1.74. The molecule has 0 spiro atoms. The zero-order chi connectivity index (χ0) is 13.2. The first-order valence-corrected chi connectivity index (χ1v) is 6.60. The van der Waals surface area contributed by atoms with E-state index in [9.17, 15) is 8.42 Å². The highest BCUT2D eigenvalue weighted by atomic mass is 32.2. The van der Waals surface area contributed by atoms with Crippen molar-refractivity contribution in [1.82, 2.24) is 0 Å². The Balaban J connectivity index is 3.18. The third-order valence-corrected chi connectivity index (χ3v) is 3.97. The Morgan fingerprint density at radius 1 is 1.35 bits per heavy atom. The van der Waals surface area contributed by atoms with Crippen LogP contribution in [0.15, 0.2) is 12.1 Å². The number of aryl methyl sites for hydroxylation is 2. The molecule has 6 heteroatoms. The van der Waals surface area contributed by atoms with E-state index in [1.54, 1.807) is 32.0 Å². The van der Waals surface area contributed by atoms with Crippen molar-refractivity contribution in [3.63, 3.8) is 0 Å². The van der Waals surface area contributed by atoms with Gasteiger partial charge in [-0.2, -0.15) is 5.26 Å². The minimum absolute atomic E-state index is 0.487. The minimum Gasteiger partial charge on any atom is -0.399 e. The van der Waals surface area contributed by atoms with Gasteiger partial charge in [0.15, 0.2) is 5.25 Å². The second-order valence-electron chi connectivity index (χ2n) is 3.95. The van der Waals surface area contributed by atoms with Crippen molar-refractivity contribution in [2.24, 2.45) is 0 Å². The molecule has 0 aliphatic rings. The first-order chi connectivity index (χ1) is 7.77. The number of rotatable bonds is 3. The third kappa shape index (κ3) is 2.88. The van der Waals surface area contributed by atoms with Crippen molar-refractivity contribution < 1.29 is 8.42 Å². The Morgan fingerprint density at radius 3 is 2.24 bits per heavy atom. The number of sulfonamides is 1. The second-order valence-corrected chi connectivity index (χ2v) is 5.95. The van der Waals surface area contributed by atoms with Crippen LogP contribution in [0.1, 0.15) is 18.1 Å². The van der Waals surface area contributed by atoms with Gasteiger partial charge in [-0.1, -0.05) is 0 Å². The van der Waals surface area contributed by atoms with Crippen LogP contribution in [0, 0.1) is 25.2 Å². The number of nitrogens with two attached hydrogens (primary N) is 1. The molecule has 0 saturated heterocycles. The van der Waals surface area contributed by atoms with Crippen molar-refractivity contribution in [2.75, 3.05) is 10.5 Å². The Labute approximate surface area is 101 Å². The molecule has 0 aliphatic heterocycles. The van der Waals surface area contributed by atoms with E-state index in [1.807, 2.05) is 0 Å². The molecule has 0 radical (unpaired) electrons. The molecule has 1 aromatic rings. The van der Waals surface area contributed by atoms with E-state index < -0.39 is 15.3 Å². The third-order valence-electron chi connectivity index (χ3n) is 2.45. The van der Waals surface area contributed by atoms with Crippen molar-refractivity contribution in [3.8, 4) is 6.07 Å². The summed E-state index contributed by atoms with van der Waals surface area (Å²) in [4.78, 5) is 0. The number of hydrogen-bond acceptors (Lipinski definition) is 4. The van der Waals surface area contributed by atoms with Crippen LogP contribution in [0.3, 0.4) is 0 Å². The van der Waals surface area contributed by atoms with Crippen LogP contribution < -0.4 is 10.5 Å². The zero-order valence-electron chi connectivity index (χ0n) is 9.98. The molecule has 3 N–H and O–H groups in total. The summed E-state index contributed by atoms with van der Waals surface area (Å²) in [5.41, 5.74) is 8.18. The molecule has 0 amide bonds. The second kappa shape index (κ2) is 4.63. The van der Waals surface area contributed by atoms with Gasteiger partial charge in [-0.3, -0.25) is 4.72 Å². The SMILES string of the molecule is Cc1cc(N)cc(C)c1NS(=O)(=O)C(C)C#N. The molecule has 0 bridgehead atoms. The molecular formula is C11H15N3O2S. The molecule has 17 heavy (non-hydrogen) atoms. The molecule has 0 aliphatic carbocycles. The summed E-state index contributed by atoms with van der Waals surface area (Å²) in [5, 5.41) is 7.54. The van der Waals surface area contributed by atoms with Gasteiger partial charge >= 0.3 is 0 Å². The maximum Gasteiger partial charge on any atom is 0.248 e. The van der Waals surface area contributed by atoms with E-state index in [2.05, 4.69) is 4.72 Å². The van der Waals surface area contributed by atoms with Crippen LogP contribution in [-0.2, 0) is 10.0 Å². The zero-order valence-corrected chi connectivity index (χ0v) is 10.8. The molecular weight excluding hydrogens is 238 g/mol. The maximum atomic E-state index is 11.8. The summed E-state index contributed by atoms with van der Waals surface area (Å²) >= 11 is 0. The van der Waals surface area contributed by atoms with Crippen LogP contribution in [0.25, 0.3) is 0 Å². The van der Waals surface area contributed by atoms with Gasteiger partial charge in [0.25, 0.3) is 0 Å². The highest BCUT2D eigenvalue weighted by molar-refractivity contribution is 7.93. The predicted octanol–water partition coefficient (Wildman–Crippen LogP) is 1.54. The first kappa shape index (κ1) is 13.3. The first-order valence-electron chi connectivity index (χ1n) is 5.06. The lowest BCUT2D eigenvalue weighted by molar-refractivity contribution is 0.597. The van der Waals surface area contributed by atoms with Crippen LogP contribution in [0.5, 0.6) is 0 Å². The molecule has 1 unspecified atom stereocenters. The lowest BCUT2D eigenvalue weighted by atomic mass is 10.1. The van der Waals surface area contributed by atoms with Crippen LogP contribution in [-0.4, -0.2) is 13.7 Å². The monoisotopic (exact) mass is 253 g/mol. The highest BCUT2D eigenvalue weighted by Crippen LogP contribution is 2.25. The normalized spacial score (nSPS) is 12.8. The molecule has 0 heterocycles. The number of anilines is 2. The van der Waals surface area contributed by atoms with Crippen molar-refractivity contribution >= 4 is 21.4 Å². The van der Waals surface area contributed by atoms with E-state index in [1.165, 1.54) is 6.92 Å². The summed E-state index contributed by atoms with van der Waals surface area (Å²) in [6.45, 7) is 4.86. The maximum absolute atomic E-state index is 11.8. The Bertz CT molecular complexity index is 550. The van der Waals surface area contributed by atoms with Gasteiger partial charge < -0.3 is 5.73 Å². The van der Waals surface area contributed by atoms with Crippen LogP contribution in [0.4, 0.5) is 11.4 Å². The standard InChI is InChI=1S/C11H15N3O2S/c1-7-4-10(13)5-8(2)11(7)14-17(15,16)9(3)6-12/h4-5,9,14H,13H2,1-3H3. The Kier molecular flexibility index (Phi) is 3.63. The fourth-order valence-electron chi connectivity index (χ4n) is 1.46. The molecule has 1 rings (SSSR count). The summed E-state index contributed by atoms with van der Waals surface area (Å²) < 4.78 is 25.9. The van der Waals surface area contributed by atoms with Gasteiger partial charge in [-0.05, 0) is 44.0 Å². The number of nitrogen functional groups attached to an aromatic ring is 1. The van der Waals surface area contributed by atoms with E-state index in [-0.39, 0.29) is 0 Å². The van der Waals surface area contributed by atoms with Gasteiger partial charge in [0, 0.05) is 5.69 Å². The fourth-order valence-corrected chi connectivity index (χ4v) is 2.38. The molecule has 1 atom stereocenters. The summed E-state index contributed by atoms with van der Waals surface area (Å²) in [7, 11) is -3.67. The predicted molar refractivity (Wildman–Crippen MR) is 67.9 cm³/mol. The van der Waals surface area contributed by atoms with Crippen LogP contribution in [0.2, 0.25) is 0 Å². The van der Waals surface area contributed by atoms with Gasteiger partial charge in [0.1, 0.15) is 0 Å². The van der Waals surface area contributed by atoms with E-state index >= 15 is 0 Å². The van der Waals surface area contributed by atoms with E-state index in [0.717, 1.165) is 11.1 Å². The summed E-state index contributed by atoms with van der Waals surface area (Å²) in [6, 6.07) is 5.07. The van der Waals surface area contributed by atoms with Crippen LogP contribution >= 0.6 is 0 Å². The van der Waals surface area contributed by atoms with Crippen molar-refractivity contribution in [1.29, 1.82) is 5.26 Å². The number of hydrogen-bond donors (Lipinski definition) is 2.